The Morgan fingerprint density at radius 3 is 2.63 bits per heavy atom. The van der Waals surface area contributed by atoms with E-state index in [-0.39, 0.29) is 4.90 Å². The van der Waals surface area contributed by atoms with Crippen LogP contribution >= 0.6 is 11.6 Å². The lowest BCUT2D eigenvalue weighted by Crippen LogP contribution is -2.35. The quantitative estimate of drug-likeness (QED) is 0.755. The maximum atomic E-state index is 13.2. The molecule has 2 heterocycles. The molecule has 0 unspecified atom stereocenters. The van der Waals surface area contributed by atoms with Gasteiger partial charge in [-0.2, -0.15) is 4.31 Å². The summed E-state index contributed by atoms with van der Waals surface area (Å²) in [6.07, 6.45) is 4.43. The predicted molar refractivity (Wildman–Crippen MR) is 106 cm³/mol. The minimum Gasteiger partial charge on any atom is -0.492 e. The highest BCUT2D eigenvalue weighted by Crippen LogP contribution is 2.31. The first-order valence-electron chi connectivity index (χ1n) is 9.10. The van der Waals surface area contributed by atoms with Gasteiger partial charge in [0.1, 0.15) is 21.6 Å². The zero-order valence-electron chi connectivity index (χ0n) is 15.6. The molecule has 1 saturated heterocycles. The summed E-state index contributed by atoms with van der Waals surface area (Å²) in [5.41, 5.74) is 0.688. The van der Waals surface area contributed by atoms with Gasteiger partial charge in [-0.15, -0.1) is 0 Å². The van der Waals surface area contributed by atoms with Gasteiger partial charge in [0, 0.05) is 25.8 Å². The second-order valence-corrected chi connectivity index (χ2v) is 8.76. The predicted octanol–water partition coefficient (Wildman–Crippen LogP) is 3.26. The molecular weight excluding hydrogens is 388 g/mol. The molecule has 0 saturated carbocycles. The number of hydrogen-bond acceptors (Lipinski definition) is 5. The number of piperidine rings is 1. The average molecular weight is 413 g/mol. The number of benzene rings is 1. The monoisotopic (exact) mass is 412 g/mol. The van der Waals surface area contributed by atoms with E-state index >= 15 is 0 Å². The summed E-state index contributed by atoms with van der Waals surface area (Å²) in [4.78, 5) is 4.44. The van der Waals surface area contributed by atoms with Crippen molar-refractivity contribution in [2.45, 2.75) is 37.6 Å². The molecule has 148 valence electrons. The van der Waals surface area contributed by atoms with E-state index in [0.29, 0.717) is 42.8 Å². The van der Waals surface area contributed by atoms with E-state index in [2.05, 4.69) is 10.3 Å². The molecule has 1 aromatic heterocycles. The Kier molecular flexibility index (Phi) is 6.29. The Morgan fingerprint density at radius 2 is 2.00 bits per heavy atom. The van der Waals surface area contributed by atoms with E-state index in [9.17, 15) is 8.42 Å². The average Bonchev–Trinajstić information content (AvgIpc) is 3.00. The van der Waals surface area contributed by atoms with Crippen molar-refractivity contribution in [1.82, 2.24) is 13.9 Å². The number of halogens is 1. The highest BCUT2D eigenvalue weighted by atomic mass is 35.5. The normalized spacial score (nSPS) is 15.7. The molecule has 1 aromatic carbocycles. The van der Waals surface area contributed by atoms with Crippen LogP contribution < -0.4 is 10.1 Å². The fourth-order valence-corrected chi connectivity index (χ4v) is 4.93. The SMILES string of the molecule is CCOc1ccc(NCc2ncc(Cl)n2C)cc1S(=O)(=O)N1CCCCC1. The molecule has 0 spiro atoms. The molecule has 27 heavy (non-hydrogen) atoms. The third kappa shape index (κ3) is 4.39. The number of sulfonamides is 1. The largest absolute Gasteiger partial charge is 0.492 e. The van der Waals surface area contributed by atoms with Crippen LogP contribution in [0.4, 0.5) is 5.69 Å². The Hall–Kier alpha value is -1.77. The highest BCUT2D eigenvalue weighted by Gasteiger charge is 2.29. The first-order valence-corrected chi connectivity index (χ1v) is 10.9. The number of nitrogens with one attached hydrogen (secondary N) is 1. The Morgan fingerprint density at radius 1 is 1.26 bits per heavy atom. The van der Waals surface area contributed by atoms with E-state index in [4.69, 9.17) is 16.3 Å². The van der Waals surface area contributed by atoms with Gasteiger partial charge >= 0.3 is 0 Å². The molecule has 1 fully saturated rings. The second kappa shape index (κ2) is 8.50. The van der Waals surface area contributed by atoms with E-state index in [0.717, 1.165) is 25.1 Å². The Bertz CT molecular complexity index is 892. The van der Waals surface area contributed by atoms with Gasteiger partial charge in [0.25, 0.3) is 0 Å². The summed E-state index contributed by atoms with van der Waals surface area (Å²) < 4.78 is 35.2. The van der Waals surface area contributed by atoms with Crippen molar-refractivity contribution >= 4 is 27.3 Å². The number of imidazole rings is 1. The van der Waals surface area contributed by atoms with Gasteiger partial charge in [0.15, 0.2) is 0 Å². The topological polar surface area (TPSA) is 76.5 Å². The van der Waals surface area contributed by atoms with Crippen molar-refractivity contribution in [3.8, 4) is 5.75 Å². The molecule has 1 aliphatic heterocycles. The first-order chi connectivity index (χ1) is 12.9. The van der Waals surface area contributed by atoms with Crippen molar-refractivity contribution in [1.29, 1.82) is 0 Å². The molecule has 0 amide bonds. The zero-order chi connectivity index (χ0) is 19.4. The molecule has 0 radical (unpaired) electrons. The highest BCUT2D eigenvalue weighted by molar-refractivity contribution is 7.89. The number of anilines is 1. The van der Waals surface area contributed by atoms with Gasteiger partial charge in [-0.1, -0.05) is 18.0 Å². The summed E-state index contributed by atoms with van der Waals surface area (Å²) in [5, 5.41) is 3.77. The molecular formula is C18H25ClN4O3S. The lowest BCUT2D eigenvalue weighted by molar-refractivity contribution is 0.323. The van der Waals surface area contributed by atoms with Crippen LogP contribution in [0, 0.1) is 0 Å². The van der Waals surface area contributed by atoms with Gasteiger partial charge in [-0.05, 0) is 38.0 Å². The standard InChI is InChI=1S/C18H25ClN4O3S/c1-3-26-15-8-7-14(20-13-18-21-12-17(19)22(18)2)11-16(15)27(24,25)23-9-5-4-6-10-23/h7-8,11-12,20H,3-6,9-10,13H2,1-2H3. The fraction of sp³-hybridized carbons (Fsp3) is 0.500. The van der Waals surface area contributed by atoms with E-state index in [1.165, 1.54) is 0 Å². The molecule has 0 atom stereocenters. The van der Waals surface area contributed by atoms with Crippen LogP contribution in [0.3, 0.4) is 0 Å². The van der Waals surface area contributed by atoms with E-state index in [1.807, 2.05) is 20.0 Å². The summed E-state index contributed by atoms with van der Waals surface area (Å²) in [5.74, 6) is 1.14. The summed E-state index contributed by atoms with van der Waals surface area (Å²) in [6, 6.07) is 5.15. The van der Waals surface area contributed by atoms with Gasteiger partial charge in [-0.3, -0.25) is 0 Å². The third-order valence-electron chi connectivity index (χ3n) is 4.65. The fourth-order valence-electron chi connectivity index (χ4n) is 3.11. The number of nitrogens with zero attached hydrogens (tertiary/aromatic N) is 3. The van der Waals surface area contributed by atoms with Crippen molar-refractivity contribution in [3.05, 3.63) is 35.4 Å². The maximum Gasteiger partial charge on any atom is 0.246 e. The molecule has 1 aliphatic rings. The van der Waals surface area contributed by atoms with Crippen LogP contribution in [-0.2, 0) is 23.6 Å². The van der Waals surface area contributed by atoms with Crippen LogP contribution in [0.25, 0.3) is 0 Å². The number of aromatic nitrogens is 2. The van der Waals surface area contributed by atoms with Crippen molar-refractivity contribution in [2.75, 3.05) is 25.0 Å². The number of rotatable bonds is 7. The Labute approximate surface area is 165 Å². The smallest absolute Gasteiger partial charge is 0.246 e. The lowest BCUT2D eigenvalue weighted by Gasteiger charge is -2.27. The molecule has 0 bridgehead atoms. The summed E-state index contributed by atoms with van der Waals surface area (Å²) >= 11 is 6.01. The van der Waals surface area contributed by atoms with Crippen molar-refractivity contribution < 1.29 is 13.2 Å². The van der Waals surface area contributed by atoms with Gasteiger partial charge in [0.2, 0.25) is 10.0 Å². The van der Waals surface area contributed by atoms with Crippen LogP contribution in [0.2, 0.25) is 5.15 Å². The van der Waals surface area contributed by atoms with Crippen molar-refractivity contribution in [2.24, 2.45) is 7.05 Å². The van der Waals surface area contributed by atoms with Crippen molar-refractivity contribution in [3.63, 3.8) is 0 Å². The number of ether oxygens (including phenoxy) is 1. The maximum absolute atomic E-state index is 13.2. The molecule has 1 N–H and O–H groups in total. The van der Waals surface area contributed by atoms with Crippen LogP contribution in [0.5, 0.6) is 5.75 Å². The summed E-state index contributed by atoms with van der Waals surface area (Å²) in [6.45, 7) is 3.78. The van der Waals surface area contributed by atoms with E-state index in [1.54, 1.807) is 27.2 Å². The minimum atomic E-state index is -3.60. The lowest BCUT2D eigenvalue weighted by atomic mass is 10.2. The third-order valence-corrected chi connectivity index (χ3v) is 6.93. The van der Waals surface area contributed by atoms with Crippen LogP contribution in [-0.4, -0.2) is 42.0 Å². The van der Waals surface area contributed by atoms with E-state index < -0.39 is 10.0 Å². The zero-order valence-corrected chi connectivity index (χ0v) is 17.2. The first kappa shape index (κ1) is 20.0. The molecule has 0 aliphatic carbocycles. The molecule has 7 nitrogen and oxygen atoms in total. The van der Waals surface area contributed by atoms with Crippen LogP contribution in [0.1, 0.15) is 32.0 Å². The Balaban J connectivity index is 1.87. The summed E-state index contributed by atoms with van der Waals surface area (Å²) in [7, 11) is -1.77. The molecule has 2 aromatic rings. The second-order valence-electron chi connectivity index (χ2n) is 6.47. The molecule has 3 rings (SSSR count). The van der Waals surface area contributed by atoms with Gasteiger partial charge in [0.05, 0.1) is 19.3 Å². The van der Waals surface area contributed by atoms with Gasteiger partial charge in [-0.25, -0.2) is 13.4 Å². The minimum absolute atomic E-state index is 0.203. The van der Waals surface area contributed by atoms with Gasteiger partial charge < -0.3 is 14.6 Å². The van der Waals surface area contributed by atoms with Crippen LogP contribution in [0.15, 0.2) is 29.3 Å². The molecule has 9 heteroatoms. The number of hydrogen-bond donors (Lipinski definition) is 1.